The number of aryl methyl sites for hydroxylation is 2. The number of para-hydroxylation sites is 1. The zero-order chi connectivity index (χ0) is 47.4. The van der Waals surface area contributed by atoms with Gasteiger partial charge in [-0.25, -0.2) is 4.79 Å². The summed E-state index contributed by atoms with van der Waals surface area (Å²) in [6, 6.07) is 16.0. The van der Waals surface area contributed by atoms with E-state index in [1.807, 2.05) is 86.6 Å². The minimum absolute atomic E-state index is 0.0415. The van der Waals surface area contributed by atoms with Gasteiger partial charge in [0.2, 0.25) is 35.4 Å². The van der Waals surface area contributed by atoms with E-state index in [-0.39, 0.29) is 18.8 Å². The second-order valence-electron chi connectivity index (χ2n) is 17.0. The van der Waals surface area contributed by atoms with E-state index < -0.39 is 102 Å². The van der Waals surface area contributed by atoms with Gasteiger partial charge in [0.25, 0.3) is 0 Å². The van der Waals surface area contributed by atoms with Gasteiger partial charge < -0.3 is 47.1 Å². The molecule has 6 atom stereocenters. The van der Waals surface area contributed by atoms with Crippen molar-refractivity contribution in [1.29, 1.82) is 0 Å². The zero-order valence-electron chi connectivity index (χ0n) is 37.2. The highest BCUT2D eigenvalue weighted by Crippen LogP contribution is 2.37. The lowest BCUT2D eigenvalue weighted by atomic mass is 9.82. The Morgan fingerprint density at radius 2 is 1.28 bits per heavy atom. The minimum Gasteiger partial charge on any atom is -0.481 e. The maximum atomic E-state index is 14.4. The quantitative estimate of drug-likeness (QED) is 0.0591. The van der Waals surface area contributed by atoms with Crippen LogP contribution in [0.4, 0.5) is 0 Å². The van der Waals surface area contributed by atoms with Gasteiger partial charge in [-0.3, -0.25) is 33.6 Å². The number of carboxylic acids is 2. The monoisotopic (exact) mass is 893 g/mol. The predicted octanol–water partition coefficient (Wildman–Crippen LogP) is 2.85. The Kier molecular flexibility index (Phi) is 17.0. The van der Waals surface area contributed by atoms with Crippen molar-refractivity contribution in [2.45, 2.75) is 109 Å². The lowest BCUT2D eigenvalue weighted by Gasteiger charge is -2.31. The smallest absolute Gasteiger partial charge is 0.326 e. The van der Waals surface area contributed by atoms with Crippen molar-refractivity contribution in [2.75, 3.05) is 6.54 Å². The number of hydrogen-bond acceptors (Lipinski definition) is 8. The fraction of sp³-hybridized carbons (Fsp3) is 0.417. The molecule has 3 aromatic carbocycles. The zero-order valence-corrected chi connectivity index (χ0v) is 37.2. The van der Waals surface area contributed by atoms with Gasteiger partial charge in [-0.15, -0.1) is 0 Å². The molecule has 0 spiro atoms. The fourth-order valence-electron chi connectivity index (χ4n) is 8.27. The number of fused-ring (bicyclic) bond motifs is 3. The highest BCUT2D eigenvalue weighted by molar-refractivity contribution is 5.97. The molecule has 0 saturated carbocycles. The van der Waals surface area contributed by atoms with Crippen molar-refractivity contribution in [3.8, 4) is 0 Å². The fourth-order valence-corrected chi connectivity index (χ4v) is 8.27. The number of carboxylic acid groups (broad SMARTS) is 2. The highest BCUT2D eigenvalue weighted by Gasteiger charge is 2.38. The third-order valence-electron chi connectivity index (χ3n) is 11.7. The van der Waals surface area contributed by atoms with E-state index in [2.05, 4.69) is 36.9 Å². The summed E-state index contributed by atoms with van der Waals surface area (Å²) in [7, 11) is 0. The molecule has 0 saturated heterocycles. The lowest BCUT2D eigenvalue weighted by molar-refractivity contribution is -0.142. The number of aromatic nitrogens is 1. The standard InChI is InChI=1S/C48H59N7O10/c1-6-27(4)42(46(62)54-38(48(64)65)22-31-24-49-35-18-12-11-15-32(31)35)55-39(57)25-50-44(60)37(23-40(58)59)52-45(61)36(21-26(2)3)53-47(63)43(51-28(5)56)41-33-16-9-7-13-29(33)19-20-30-14-8-10-17-34(30)41/h7-18,24,26-27,36-38,41-43,49H,6,19-23,25H2,1-5H3,(H,50,60)(H,51,56)(H,52,61)(H,53,63)(H,54,62)(H,55,57)(H,58,59)(H,64,65)/t27-,36-,37-,38-,42-,43+/m0/s1. The van der Waals surface area contributed by atoms with Crippen LogP contribution in [0.1, 0.15) is 87.6 Å². The average molecular weight is 894 g/mol. The summed E-state index contributed by atoms with van der Waals surface area (Å²) in [4.78, 5) is 109. The van der Waals surface area contributed by atoms with Crippen LogP contribution in [0.2, 0.25) is 0 Å². The third-order valence-corrected chi connectivity index (χ3v) is 11.7. The Balaban J connectivity index is 1.27. The number of H-pyrrole nitrogens is 1. The van der Waals surface area contributed by atoms with Crippen LogP contribution in [0, 0.1) is 11.8 Å². The van der Waals surface area contributed by atoms with Gasteiger partial charge in [0, 0.05) is 36.4 Å². The van der Waals surface area contributed by atoms with E-state index in [1.165, 1.54) is 6.92 Å². The Morgan fingerprint density at radius 3 is 1.86 bits per heavy atom. The number of rotatable bonds is 21. The van der Waals surface area contributed by atoms with Crippen LogP contribution < -0.4 is 31.9 Å². The van der Waals surface area contributed by atoms with Crippen molar-refractivity contribution in [1.82, 2.24) is 36.9 Å². The van der Waals surface area contributed by atoms with Gasteiger partial charge in [0.1, 0.15) is 30.2 Å². The van der Waals surface area contributed by atoms with E-state index in [0.717, 1.165) is 33.2 Å². The van der Waals surface area contributed by atoms with Crippen LogP contribution in [-0.4, -0.2) is 99.3 Å². The van der Waals surface area contributed by atoms with Crippen LogP contribution in [0.25, 0.3) is 10.9 Å². The maximum Gasteiger partial charge on any atom is 0.326 e. The third kappa shape index (κ3) is 13.0. The molecule has 5 rings (SSSR count). The molecule has 1 aliphatic carbocycles. The second-order valence-corrected chi connectivity index (χ2v) is 17.0. The van der Waals surface area contributed by atoms with Crippen molar-refractivity contribution in [3.63, 3.8) is 0 Å². The van der Waals surface area contributed by atoms with Crippen molar-refractivity contribution in [3.05, 3.63) is 107 Å². The second kappa shape index (κ2) is 22.5. The summed E-state index contributed by atoms with van der Waals surface area (Å²) in [6.45, 7) is 7.67. The largest absolute Gasteiger partial charge is 0.481 e. The van der Waals surface area contributed by atoms with Crippen molar-refractivity contribution < 1.29 is 48.6 Å². The average Bonchev–Trinajstić information content (AvgIpc) is 3.59. The molecule has 0 bridgehead atoms. The van der Waals surface area contributed by atoms with Gasteiger partial charge >= 0.3 is 11.9 Å². The Bertz CT molecular complexity index is 2350. The summed E-state index contributed by atoms with van der Waals surface area (Å²) in [5.41, 5.74) is 5.18. The van der Waals surface area contributed by atoms with E-state index in [9.17, 15) is 48.6 Å². The summed E-state index contributed by atoms with van der Waals surface area (Å²) >= 11 is 0. The van der Waals surface area contributed by atoms with Gasteiger partial charge in [-0.2, -0.15) is 0 Å². The molecule has 1 aliphatic rings. The Labute approximate surface area is 377 Å². The summed E-state index contributed by atoms with van der Waals surface area (Å²) in [5.74, 6) is -8.61. The minimum atomic E-state index is -1.69. The predicted molar refractivity (Wildman–Crippen MR) is 241 cm³/mol. The van der Waals surface area contributed by atoms with E-state index in [1.54, 1.807) is 20.0 Å². The highest BCUT2D eigenvalue weighted by atomic mass is 16.4. The number of nitrogens with one attached hydrogen (secondary N) is 7. The number of amides is 6. The summed E-state index contributed by atoms with van der Waals surface area (Å²) in [5, 5.41) is 36.0. The topological polar surface area (TPSA) is 265 Å². The molecule has 4 aromatic rings. The number of carbonyl (C=O) groups is 8. The molecule has 0 fully saturated rings. The molecule has 1 aromatic heterocycles. The Hall–Kier alpha value is -7.04. The van der Waals surface area contributed by atoms with E-state index in [4.69, 9.17) is 0 Å². The number of aliphatic carboxylic acids is 2. The molecule has 9 N–H and O–H groups in total. The van der Waals surface area contributed by atoms with Gasteiger partial charge in [0.05, 0.1) is 13.0 Å². The first-order chi connectivity index (χ1) is 31.0. The molecular weight excluding hydrogens is 835 g/mol. The van der Waals surface area contributed by atoms with Crippen molar-refractivity contribution >= 4 is 58.3 Å². The van der Waals surface area contributed by atoms with Crippen LogP contribution in [-0.2, 0) is 57.6 Å². The number of carbonyl (C=O) groups excluding carboxylic acids is 6. The van der Waals surface area contributed by atoms with Crippen LogP contribution >= 0.6 is 0 Å². The van der Waals surface area contributed by atoms with Crippen molar-refractivity contribution in [2.24, 2.45) is 11.8 Å². The summed E-state index contributed by atoms with van der Waals surface area (Å²) in [6.07, 6.45) is 2.66. The first-order valence-electron chi connectivity index (χ1n) is 21.9. The molecule has 1 heterocycles. The molecule has 6 amide bonds. The SMILES string of the molecule is CC[C@H](C)[C@H](NC(=O)CNC(=O)[C@H](CC(=O)O)NC(=O)[C@H](CC(C)C)NC(=O)[C@H](NC(C)=O)C1c2ccccc2CCc2ccccc21)C(=O)N[C@@H](Cc1c[nH]c2ccccc12)C(=O)O. The number of aromatic amines is 1. The van der Waals surface area contributed by atoms with Gasteiger partial charge in [-0.1, -0.05) is 101 Å². The first kappa shape index (κ1) is 49.0. The lowest BCUT2D eigenvalue weighted by Crippen LogP contribution is -2.59. The Morgan fingerprint density at radius 1 is 0.692 bits per heavy atom. The number of benzene rings is 3. The summed E-state index contributed by atoms with van der Waals surface area (Å²) < 4.78 is 0. The van der Waals surface area contributed by atoms with Gasteiger partial charge in [0.15, 0.2) is 0 Å². The maximum absolute atomic E-state index is 14.4. The van der Waals surface area contributed by atoms with E-state index in [0.29, 0.717) is 24.8 Å². The van der Waals surface area contributed by atoms with Crippen LogP contribution in [0.3, 0.4) is 0 Å². The van der Waals surface area contributed by atoms with E-state index >= 15 is 0 Å². The van der Waals surface area contributed by atoms with Crippen LogP contribution in [0.15, 0.2) is 79.0 Å². The van der Waals surface area contributed by atoms with Crippen LogP contribution in [0.5, 0.6) is 0 Å². The molecular formula is C48H59N7O10. The molecule has 346 valence electrons. The first-order valence-corrected chi connectivity index (χ1v) is 21.9. The molecule has 0 aliphatic heterocycles. The number of hydrogen-bond donors (Lipinski definition) is 9. The van der Waals surface area contributed by atoms with Gasteiger partial charge in [-0.05, 0) is 65.0 Å². The molecule has 17 nitrogen and oxygen atoms in total. The normalized spacial score (nSPS) is 15.0. The molecule has 17 heteroatoms. The molecule has 65 heavy (non-hydrogen) atoms. The molecule has 0 unspecified atom stereocenters. The molecule has 0 radical (unpaired) electrons.